The van der Waals surface area contributed by atoms with Crippen LogP contribution in [0, 0.1) is 0 Å². The van der Waals surface area contributed by atoms with Gasteiger partial charge in [-0.15, -0.1) is 0 Å². The second-order valence-electron chi connectivity index (χ2n) is 4.91. The fourth-order valence-electron chi connectivity index (χ4n) is 2.12. The van der Waals surface area contributed by atoms with E-state index in [1.165, 1.54) is 0 Å². The number of nitrogens with one attached hydrogen (secondary N) is 2. The number of carbonyl (C=O) groups is 3. The largest absolute Gasteiger partial charge is 0.481 e. The van der Waals surface area contributed by atoms with Crippen molar-refractivity contribution < 1.29 is 19.5 Å². The van der Waals surface area contributed by atoms with Crippen LogP contribution in [0.2, 0.25) is 0 Å². The number of amides is 2. The minimum atomic E-state index is -0.827. The van der Waals surface area contributed by atoms with Crippen LogP contribution in [0.3, 0.4) is 0 Å². The highest BCUT2D eigenvalue weighted by Gasteiger charge is 2.19. The molecule has 2 amide bonds. The van der Waals surface area contributed by atoms with Gasteiger partial charge < -0.3 is 15.7 Å². The van der Waals surface area contributed by atoms with Gasteiger partial charge in [0.15, 0.2) is 0 Å². The van der Waals surface area contributed by atoms with Crippen LogP contribution in [0.1, 0.15) is 37.7 Å². The average molecular weight is 276 g/mol. The molecular weight excluding hydrogens is 260 g/mol. The van der Waals surface area contributed by atoms with E-state index < -0.39 is 5.97 Å². The van der Waals surface area contributed by atoms with Gasteiger partial charge >= 0.3 is 5.97 Å². The summed E-state index contributed by atoms with van der Waals surface area (Å²) in [6.45, 7) is 1.93. The molecule has 6 nitrogen and oxygen atoms in total. The lowest BCUT2D eigenvalue weighted by Crippen LogP contribution is -2.16. The highest BCUT2D eigenvalue weighted by atomic mass is 16.4. The van der Waals surface area contributed by atoms with E-state index in [0.29, 0.717) is 17.8 Å². The molecule has 0 bridgehead atoms. The summed E-state index contributed by atoms with van der Waals surface area (Å²) in [4.78, 5) is 33.5. The predicted octanol–water partition coefficient (Wildman–Crippen LogP) is 1.94. The summed E-state index contributed by atoms with van der Waals surface area (Å²) in [5, 5.41) is 14.0. The second kappa shape index (κ2) is 5.73. The number of carboxylic acids is 1. The van der Waals surface area contributed by atoms with Crippen molar-refractivity contribution in [3.05, 3.63) is 23.8 Å². The van der Waals surface area contributed by atoms with Crippen LogP contribution in [0.15, 0.2) is 18.2 Å². The van der Waals surface area contributed by atoms with Crippen molar-refractivity contribution in [2.45, 2.75) is 32.1 Å². The molecule has 1 unspecified atom stereocenters. The van der Waals surface area contributed by atoms with E-state index in [1.807, 2.05) is 13.0 Å². The number of benzene rings is 1. The minimum absolute atomic E-state index is 0.0623. The molecule has 0 saturated carbocycles. The summed E-state index contributed by atoms with van der Waals surface area (Å²) in [7, 11) is 0. The van der Waals surface area contributed by atoms with Crippen molar-refractivity contribution in [2.75, 3.05) is 10.6 Å². The Labute approximate surface area is 116 Å². The molecule has 0 saturated heterocycles. The second-order valence-corrected chi connectivity index (χ2v) is 4.91. The fraction of sp³-hybridized carbons (Fsp3) is 0.357. The summed E-state index contributed by atoms with van der Waals surface area (Å²) in [5.41, 5.74) is 2.05. The van der Waals surface area contributed by atoms with Crippen LogP contribution in [-0.4, -0.2) is 22.9 Å². The van der Waals surface area contributed by atoms with E-state index in [4.69, 9.17) is 5.11 Å². The zero-order valence-corrected chi connectivity index (χ0v) is 11.1. The van der Waals surface area contributed by atoms with Crippen LogP contribution in [0.4, 0.5) is 11.4 Å². The van der Waals surface area contributed by atoms with E-state index >= 15 is 0 Å². The molecule has 6 heteroatoms. The number of hydrogen-bond acceptors (Lipinski definition) is 3. The fourth-order valence-corrected chi connectivity index (χ4v) is 2.12. The first-order valence-corrected chi connectivity index (χ1v) is 6.41. The zero-order valence-electron chi connectivity index (χ0n) is 11.1. The summed E-state index contributed by atoms with van der Waals surface area (Å²) in [5.74, 6) is -1.45. The van der Waals surface area contributed by atoms with E-state index in [0.717, 1.165) is 5.56 Å². The van der Waals surface area contributed by atoms with Gasteiger partial charge in [-0.2, -0.15) is 0 Å². The molecule has 0 spiro atoms. The normalized spacial score (nSPS) is 15.7. The predicted molar refractivity (Wildman–Crippen MR) is 73.6 cm³/mol. The van der Waals surface area contributed by atoms with Gasteiger partial charge in [-0.3, -0.25) is 14.4 Å². The van der Waals surface area contributed by atoms with Crippen molar-refractivity contribution in [3.63, 3.8) is 0 Å². The molecule has 106 valence electrons. The Kier molecular flexibility index (Phi) is 4.02. The molecular formula is C14H16N2O4. The van der Waals surface area contributed by atoms with Gasteiger partial charge in [-0.25, -0.2) is 0 Å². The van der Waals surface area contributed by atoms with E-state index in [1.54, 1.807) is 12.1 Å². The first kappa shape index (κ1) is 14.0. The zero-order chi connectivity index (χ0) is 14.7. The summed E-state index contributed by atoms with van der Waals surface area (Å²) >= 11 is 0. The number of fused-ring (bicyclic) bond motifs is 1. The summed E-state index contributed by atoms with van der Waals surface area (Å²) in [6.07, 6.45) is 0.425. The first-order valence-electron chi connectivity index (χ1n) is 6.41. The smallest absolute Gasteiger partial charge is 0.303 e. The average Bonchev–Trinajstić information content (AvgIpc) is 2.51. The maximum atomic E-state index is 11.5. The molecule has 1 aliphatic rings. The molecule has 0 aliphatic carbocycles. The van der Waals surface area contributed by atoms with Gasteiger partial charge in [0.2, 0.25) is 11.8 Å². The van der Waals surface area contributed by atoms with Crippen molar-refractivity contribution >= 4 is 29.2 Å². The maximum absolute atomic E-state index is 11.5. The molecule has 1 aliphatic heterocycles. The Balaban J connectivity index is 2.20. The van der Waals surface area contributed by atoms with Crippen LogP contribution in [0.25, 0.3) is 0 Å². The molecule has 0 aromatic heterocycles. The number of hydrogen-bond donors (Lipinski definition) is 3. The first-order chi connectivity index (χ1) is 9.45. The molecule has 0 fully saturated rings. The van der Waals surface area contributed by atoms with Crippen molar-refractivity contribution in [1.82, 2.24) is 0 Å². The van der Waals surface area contributed by atoms with Crippen molar-refractivity contribution in [3.8, 4) is 0 Å². The Morgan fingerprint density at radius 2 is 1.90 bits per heavy atom. The Hall–Kier alpha value is -2.37. The Bertz CT molecular complexity index is 568. The molecule has 1 aromatic carbocycles. The summed E-state index contributed by atoms with van der Waals surface area (Å²) in [6, 6.07) is 5.35. The monoisotopic (exact) mass is 276 g/mol. The van der Waals surface area contributed by atoms with E-state index in [-0.39, 0.29) is 30.6 Å². The van der Waals surface area contributed by atoms with E-state index in [9.17, 15) is 14.4 Å². The highest BCUT2D eigenvalue weighted by Crippen LogP contribution is 2.30. The lowest BCUT2D eigenvalue weighted by Gasteiger charge is -2.14. The van der Waals surface area contributed by atoms with Crippen LogP contribution in [0.5, 0.6) is 0 Å². The van der Waals surface area contributed by atoms with Crippen LogP contribution >= 0.6 is 0 Å². The van der Waals surface area contributed by atoms with Gasteiger partial charge in [0.25, 0.3) is 0 Å². The Morgan fingerprint density at radius 3 is 2.55 bits per heavy atom. The molecule has 20 heavy (non-hydrogen) atoms. The molecule has 3 N–H and O–H groups in total. The summed E-state index contributed by atoms with van der Waals surface area (Å²) < 4.78 is 0. The molecule has 1 heterocycles. The van der Waals surface area contributed by atoms with Gasteiger partial charge in [-0.1, -0.05) is 13.0 Å². The van der Waals surface area contributed by atoms with Crippen LogP contribution < -0.4 is 10.6 Å². The Morgan fingerprint density at radius 1 is 1.25 bits per heavy atom. The lowest BCUT2D eigenvalue weighted by atomic mass is 9.95. The van der Waals surface area contributed by atoms with Crippen molar-refractivity contribution in [2.24, 2.45) is 0 Å². The molecule has 1 atom stereocenters. The maximum Gasteiger partial charge on any atom is 0.303 e. The number of carboxylic acid groups (broad SMARTS) is 1. The topological polar surface area (TPSA) is 95.5 Å². The minimum Gasteiger partial charge on any atom is -0.481 e. The highest BCUT2D eigenvalue weighted by molar-refractivity contribution is 6.13. The van der Waals surface area contributed by atoms with Gasteiger partial charge in [0.05, 0.1) is 11.4 Å². The van der Waals surface area contributed by atoms with Crippen molar-refractivity contribution in [1.29, 1.82) is 0 Å². The third-order valence-corrected chi connectivity index (χ3v) is 3.27. The third-order valence-electron chi connectivity index (χ3n) is 3.27. The van der Waals surface area contributed by atoms with Gasteiger partial charge in [-0.05, 0) is 30.0 Å². The SMILES string of the molecule is CC(CCC(=O)O)c1ccc2c(c1)NC(=O)CC(=O)N2. The van der Waals surface area contributed by atoms with E-state index in [2.05, 4.69) is 10.6 Å². The van der Waals surface area contributed by atoms with Crippen LogP contribution in [-0.2, 0) is 14.4 Å². The molecule has 0 radical (unpaired) electrons. The standard InChI is InChI=1S/C14H16N2O4/c1-8(2-5-14(19)20)9-3-4-10-11(6-9)16-13(18)7-12(17)15-10/h3-4,6,8H,2,5,7H2,1H3,(H,15,17)(H,16,18)(H,19,20). The van der Waals surface area contributed by atoms with Gasteiger partial charge in [0, 0.05) is 6.42 Å². The third kappa shape index (κ3) is 3.34. The number of carbonyl (C=O) groups excluding carboxylic acids is 2. The number of rotatable bonds is 4. The number of aliphatic carboxylic acids is 1. The van der Waals surface area contributed by atoms with Gasteiger partial charge in [0.1, 0.15) is 6.42 Å². The number of anilines is 2. The lowest BCUT2D eigenvalue weighted by molar-refractivity contribution is -0.137. The quantitative estimate of drug-likeness (QED) is 0.732. The molecule has 1 aromatic rings. The molecule has 2 rings (SSSR count).